The molecule has 2 aliphatic carbocycles. The van der Waals surface area contributed by atoms with E-state index in [0.29, 0.717) is 0 Å². The second kappa shape index (κ2) is 10.4. The lowest BCUT2D eigenvalue weighted by Gasteiger charge is -2.25. The Hall–Kier alpha value is -6.31. The van der Waals surface area contributed by atoms with Gasteiger partial charge in [-0.2, -0.15) is 0 Å². The first-order chi connectivity index (χ1) is 25.1. The van der Waals surface area contributed by atoms with E-state index in [4.69, 9.17) is 4.98 Å². The van der Waals surface area contributed by atoms with E-state index in [1.54, 1.807) is 0 Å². The third kappa shape index (κ3) is 3.89. The Morgan fingerprint density at radius 1 is 0.373 bits per heavy atom. The summed E-state index contributed by atoms with van der Waals surface area (Å²) in [6.07, 6.45) is 0. The van der Waals surface area contributed by atoms with Crippen molar-refractivity contribution in [2.24, 2.45) is 0 Å². The Balaban J connectivity index is 1.06. The zero-order valence-electron chi connectivity index (χ0n) is 28.5. The zero-order chi connectivity index (χ0) is 33.8. The van der Waals surface area contributed by atoms with Crippen molar-refractivity contribution in [2.45, 2.75) is 19.3 Å². The van der Waals surface area contributed by atoms with Gasteiger partial charge in [-0.15, -0.1) is 0 Å². The normalized spacial score (nSPS) is 13.5. The van der Waals surface area contributed by atoms with Gasteiger partial charge in [0.25, 0.3) is 0 Å². The first-order valence-electron chi connectivity index (χ1n) is 17.9. The van der Waals surface area contributed by atoms with Gasteiger partial charge < -0.3 is 0 Å². The number of aromatic nitrogens is 1. The topological polar surface area (TPSA) is 12.9 Å². The molecule has 51 heavy (non-hydrogen) atoms. The number of fused-ring (bicyclic) bond motifs is 8. The number of hydrogen-bond acceptors (Lipinski definition) is 1. The summed E-state index contributed by atoms with van der Waals surface area (Å²) in [5.41, 5.74) is 18.8. The average Bonchev–Trinajstić information content (AvgIpc) is 3.63. The molecule has 0 radical (unpaired) electrons. The van der Waals surface area contributed by atoms with E-state index in [0.717, 1.165) is 11.2 Å². The Bertz CT molecular complexity index is 2900. The zero-order valence-corrected chi connectivity index (χ0v) is 28.5. The highest BCUT2D eigenvalue weighted by molar-refractivity contribution is 6.20. The lowest BCUT2D eigenvalue weighted by atomic mass is 9.78. The molecule has 9 aromatic rings. The first-order valence-corrected chi connectivity index (χ1v) is 17.9. The summed E-state index contributed by atoms with van der Waals surface area (Å²) in [4.78, 5) is 5.25. The van der Waals surface area contributed by atoms with Crippen LogP contribution in [-0.4, -0.2) is 4.98 Å². The molecule has 0 N–H and O–H groups in total. The highest BCUT2D eigenvalue weighted by atomic mass is 14.7. The van der Waals surface area contributed by atoms with Gasteiger partial charge in [0, 0.05) is 16.4 Å². The van der Waals surface area contributed by atoms with E-state index in [9.17, 15) is 0 Å². The smallest absolute Gasteiger partial charge is 0.0759 e. The maximum atomic E-state index is 5.25. The van der Waals surface area contributed by atoms with Crippen LogP contribution in [0.5, 0.6) is 0 Å². The minimum Gasteiger partial charge on any atom is -0.247 e. The molecule has 0 amide bonds. The summed E-state index contributed by atoms with van der Waals surface area (Å²) in [6, 6.07) is 60.5. The Morgan fingerprint density at radius 3 is 1.65 bits per heavy atom. The molecule has 0 unspecified atom stereocenters. The number of rotatable bonds is 3. The van der Waals surface area contributed by atoms with Gasteiger partial charge in [-0.05, 0) is 94.4 Å². The van der Waals surface area contributed by atoms with Crippen LogP contribution in [-0.2, 0) is 5.41 Å². The van der Waals surface area contributed by atoms with Crippen LogP contribution in [0.15, 0.2) is 164 Å². The van der Waals surface area contributed by atoms with Crippen LogP contribution in [0.1, 0.15) is 25.0 Å². The quantitative estimate of drug-likeness (QED) is 0.186. The fourth-order valence-corrected chi connectivity index (χ4v) is 9.33. The second-order valence-electron chi connectivity index (χ2n) is 14.6. The summed E-state index contributed by atoms with van der Waals surface area (Å²) in [6.45, 7) is 4.70. The van der Waals surface area contributed by atoms with Gasteiger partial charge in [-0.25, -0.2) is 4.98 Å². The van der Waals surface area contributed by atoms with Crippen LogP contribution >= 0.6 is 0 Å². The van der Waals surface area contributed by atoms with Crippen molar-refractivity contribution < 1.29 is 0 Å². The SMILES string of the molecule is CC1(C)c2ccccc2-c2nc3ccccc3c(-c3ccc(-c4ccc(-c5ccc6c7c(cccc57)-c5ccccc5-6)c5ccccc45)cc3)c21. The lowest BCUT2D eigenvalue weighted by Crippen LogP contribution is -2.16. The molecule has 0 aliphatic heterocycles. The standard InChI is InChI=1S/C50H33N/c1-50(2)44-20-9-7-16-42(44)49-48(50)46(43-17-8-10-21-45(43)51-49)31-24-22-30(23-25-31)32-26-27-37(34-13-4-3-12-33(32)34)38-28-29-41-36-15-6-5-14-35(36)39-18-11-19-40(38)47(39)41/h3-29H,1-2H3. The first kappa shape index (κ1) is 28.5. The van der Waals surface area contributed by atoms with E-state index < -0.39 is 0 Å². The third-order valence-electron chi connectivity index (χ3n) is 11.6. The summed E-state index contributed by atoms with van der Waals surface area (Å²) >= 11 is 0. The van der Waals surface area contributed by atoms with E-state index >= 15 is 0 Å². The average molecular weight is 648 g/mol. The Kier molecular flexibility index (Phi) is 5.79. The van der Waals surface area contributed by atoms with Crippen LogP contribution in [0.3, 0.4) is 0 Å². The summed E-state index contributed by atoms with van der Waals surface area (Å²) in [5, 5.41) is 6.41. The van der Waals surface area contributed by atoms with Gasteiger partial charge >= 0.3 is 0 Å². The fourth-order valence-electron chi connectivity index (χ4n) is 9.33. The Labute approximate surface area is 297 Å². The fraction of sp³-hybridized carbons (Fsp3) is 0.0600. The second-order valence-corrected chi connectivity index (χ2v) is 14.6. The molecule has 0 saturated heterocycles. The van der Waals surface area contributed by atoms with Gasteiger partial charge in [-0.3, -0.25) is 0 Å². The lowest BCUT2D eigenvalue weighted by molar-refractivity contribution is 0.662. The van der Waals surface area contributed by atoms with Crippen LogP contribution < -0.4 is 0 Å². The van der Waals surface area contributed by atoms with Crippen molar-refractivity contribution >= 4 is 32.4 Å². The molecule has 11 rings (SSSR count). The number of pyridine rings is 1. The molecule has 0 saturated carbocycles. The van der Waals surface area contributed by atoms with E-state index in [1.807, 2.05) is 0 Å². The van der Waals surface area contributed by atoms with Gasteiger partial charge in [0.05, 0.1) is 11.2 Å². The van der Waals surface area contributed by atoms with Crippen molar-refractivity contribution in [1.29, 1.82) is 0 Å². The molecule has 0 bridgehead atoms. The molecular formula is C50H33N. The number of nitrogens with zero attached hydrogens (tertiary/aromatic N) is 1. The van der Waals surface area contributed by atoms with Crippen LogP contribution in [0.25, 0.3) is 99.3 Å². The number of para-hydroxylation sites is 1. The molecular weight excluding hydrogens is 615 g/mol. The minimum atomic E-state index is -0.158. The maximum absolute atomic E-state index is 5.25. The molecule has 1 aromatic heterocycles. The van der Waals surface area contributed by atoms with E-state index in [-0.39, 0.29) is 5.41 Å². The summed E-state index contributed by atoms with van der Waals surface area (Å²) < 4.78 is 0. The van der Waals surface area contributed by atoms with Crippen molar-refractivity contribution in [3.05, 3.63) is 175 Å². The van der Waals surface area contributed by atoms with E-state index in [1.165, 1.54) is 99.3 Å². The van der Waals surface area contributed by atoms with Crippen LogP contribution in [0, 0.1) is 0 Å². The van der Waals surface area contributed by atoms with Crippen LogP contribution in [0.4, 0.5) is 0 Å². The largest absolute Gasteiger partial charge is 0.247 e. The number of benzene rings is 8. The van der Waals surface area contributed by atoms with Gasteiger partial charge in [0.15, 0.2) is 0 Å². The van der Waals surface area contributed by atoms with Gasteiger partial charge in [-0.1, -0.05) is 172 Å². The molecule has 1 heteroatoms. The van der Waals surface area contributed by atoms with Crippen LogP contribution in [0.2, 0.25) is 0 Å². The monoisotopic (exact) mass is 647 g/mol. The van der Waals surface area contributed by atoms with E-state index in [2.05, 4.69) is 178 Å². The maximum Gasteiger partial charge on any atom is 0.0759 e. The summed E-state index contributed by atoms with van der Waals surface area (Å²) in [5.74, 6) is 0. The molecule has 8 aromatic carbocycles. The molecule has 0 fully saturated rings. The molecule has 1 nitrogen and oxygen atoms in total. The van der Waals surface area contributed by atoms with Gasteiger partial charge in [0.1, 0.15) is 0 Å². The molecule has 0 spiro atoms. The van der Waals surface area contributed by atoms with Crippen molar-refractivity contribution in [3.63, 3.8) is 0 Å². The number of hydrogen-bond donors (Lipinski definition) is 0. The molecule has 2 aliphatic rings. The molecule has 0 atom stereocenters. The summed E-state index contributed by atoms with van der Waals surface area (Å²) in [7, 11) is 0. The highest BCUT2D eigenvalue weighted by Crippen LogP contribution is 2.54. The van der Waals surface area contributed by atoms with Crippen molar-refractivity contribution in [2.75, 3.05) is 0 Å². The third-order valence-corrected chi connectivity index (χ3v) is 11.6. The highest BCUT2D eigenvalue weighted by Gasteiger charge is 2.39. The minimum absolute atomic E-state index is 0.158. The molecule has 238 valence electrons. The predicted molar refractivity (Wildman–Crippen MR) is 215 cm³/mol. The van der Waals surface area contributed by atoms with Gasteiger partial charge in [0.2, 0.25) is 0 Å². The molecule has 1 heterocycles. The predicted octanol–water partition coefficient (Wildman–Crippen LogP) is 13.5. The van der Waals surface area contributed by atoms with Crippen molar-refractivity contribution in [1.82, 2.24) is 4.98 Å². The Morgan fingerprint density at radius 2 is 0.882 bits per heavy atom. The van der Waals surface area contributed by atoms with Crippen molar-refractivity contribution in [3.8, 4) is 66.9 Å².